The zero-order valence-corrected chi connectivity index (χ0v) is 12.2. The molecule has 0 aliphatic carbocycles. The van der Waals surface area contributed by atoms with Gasteiger partial charge in [-0.2, -0.15) is 0 Å². The standard InChI is InChI=1S/C15H26N2O/c1-12(2)18-15-8-6-14(7-9-15)13(3)17(5)11-10-16-4/h6-9,12-13,16H,10-11H2,1-5H3. The molecule has 0 aliphatic heterocycles. The van der Waals surface area contributed by atoms with Crippen molar-refractivity contribution in [2.24, 2.45) is 0 Å². The predicted molar refractivity (Wildman–Crippen MR) is 77.2 cm³/mol. The van der Waals surface area contributed by atoms with Crippen molar-refractivity contribution in [2.75, 3.05) is 27.2 Å². The summed E-state index contributed by atoms with van der Waals surface area (Å²) in [4.78, 5) is 2.34. The van der Waals surface area contributed by atoms with Crippen LogP contribution in [0, 0.1) is 0 Å². The summed E-state index contributed by atoms with van der Waals surface area (Å²) in [7, 11) is 4.14. The van der Waals surface area contributed by atoms with Gasteiger partial charge in [-0.1, -0.05) is 12.1 Å². The van der Waals surface area contributed by atoms with Gasteiger partial charge in [-0.15, -0.1) is 0 Å². The van der Waals surface area contributed by atoms with Crippen molar-refractivity contribution < 1.29 is 4.74 Å². The number of hydrogen-bond donors (Lipinski definition) is 1. The molecule has 0 saturated heterocycles. The number of rotatable bonds is 7. The second-order valence-corrected chi connectivity index (χ2v) is 5.00. The van der Waals surface area contributed by atoms with Crippen LogP contribution in [0.4, 0.5) is 0 Å². The number of hydrogen-bond acceptors (Lipinski definition) is 3. The third kappa shape index (κ3) is 4.67. The summed E-state index contributed by atoms with van der Waals surface area (Å²) in [5.74, 6) is 0.943. The van der Waals surface area contributed by atoms with E-state index in [4.69, 9.17) is 4.74 Å². The van der Waals surface area contributed by atoms with E-state index < -0.39 is 0 Å². The average molecular weight is 250 g/mol. The zero-order chi connectivity index (χ0) is 13.5. The molecule has 0 aliphatic rings. The van der Waals surface area contributed by atoms with Crippen molar-refractivity contribution in [1.29, 1.82) is 0 Å². The Hall–Kier alpha value is -1.06. The second kappa shape index (κ2) is 7.39. The highest BCUT2D eigenvalue weighted by atomic mass is 16.5. The number of benzene rings is 1. The Morgan fingerprint density at radius 3 is 2.28 bits per heavy atom. The van der Waals surface area contributed by atoms with E-state index in [0.29, 0.717) is 6.04 Å². The average Bonchev–Trinajstić information content (AvgIpc) is 2.35. The van der Waals surface area contributed by atoms with Gasteiger partial charge in [-0.25, -0.2) is 0 Å². The van der Waals surface area contributed by atoms with Crippen molar-refractivity contribution in [1.82, 2.24) is 10.2 Å². The van der Waals surface area contributed by atoms with E-state index in [1.165, 1.54) is 5.56 Å². The van der Waals surface area contributed by atoms with Crippen LogP contribution in [0.3, 0.4) is 0 Å². The predicted octanol–water partition coefficient (Wildman–Crippen LogP) is 2.69. The highest BCUT2D eigenvalue weighted by Crippen LogP contribution is 2.21. The summed E-state index contributed by atoms with van der Waals surface area (Å²) in [5.41, 5.74) is 1.32. The summed E-state index contributed by atoms with van der Waals surface area (Å²) < 4.78 is 5.65. The normalized spacial score (nSPS) is 13.1. The Morgan fingerprint density at radius 2 is 1.78 bits per heavy atom. The fourth-order valence-electron chi connectivity index (χ4n) is 1.83. The Bertz CT molecular complexity index is 335. The Kier molecular flexibility index (Phi) is 6.16. The highest BCUT2D eigenvalue weighted by molar-refractivity contribution is 5.29. The molecular weight excluding hydrogens is 224 g/mol. The van der Waals surface area contributed by atoms with Gasteiger partial charge in [-0.3, -0.25) is 4.90 Å². The van der Waals surface area contributed by atoms with E-state index in [0.717, 1.165) is 18.8 Å². The molecule has 0 spiro atoms. The minimum Gasteiger partial charge on any atom is -0.491 e. The molecule has 3 nitrogen and oxygen atoms in total. The molecule has 1 aromatic carbocycles. The van der Waals surface area contributed by atoms with Crippen molar-refractivity contribution in [3.05, 3.63) is 29.8 Å². The lowest BCUT2D eigenvalue weighted by atomic mass is 10.1. The summed E-state index contributed by atoms with van der Waals surface area (Å²) in [6, 6.07) is 8.83. The molecule has 0 radical (unpaired) electrons. The largest absolute Gasteiger partial charge is 0.491 e. The van der Waals surface area contributed by atoms with Gasteiger partial charge in [0.1, 0.15) is 5.75 Å². The maximum Gasteiger partial charge on any atom is 0.119 e. The van der Waals surface area contributed by atoms with Crippen LogP contribution >= 0.6 is 0 Å². The summed E-state index contributed by atoms with van der Waals surface area (Å²) in [6.45, 7) is 8.37. The van der Waals surface area contributed by atoms with Crippen molar-refractivity contribution in [2.45, 2.75) is 32.9 Å². The van der Waals surface area contributed by atoms with E-state index in [9.17, 15) is 0 Å². The molecule has 0 heterocycles. The number of nitrogens with one attached hydrogen (secondary N) is 1. The third-order valence-corrected chi connectivity index (χ3v) is 3.11. The van der Waals surface area contributed by atoms with Crippen LogP contribution in [0.5, 0.6) is 5.75 Å². The lowest BCUT2D eigenvalue weighted by Crippen LogP contribution is -2.29. The topological polar surface area (TPSA) is 24.5 Å². The molecule has 0 aromatic heterocycles. The lowest BCUT2D eigenvalue weighted by molar-refractivity contribution is 0.241. The van der Waals surface area contributed by atoms with Gasteiger partial charge in [0.25, 0.3) is 0 Å². The van der Waals surface area contributed by atoms with Gasteiger partial charge < -0.3 is 10.1 Å². The summed E-state index contributed by atoms with van der Waals surface area (Å²) in [6.07, 6.45) is 0.228. The Labute approximate surface area is 111 Å². The molecule has 1 aromatic rings. The minimum atomic E-state index is 0.228. The number of ether oxygens (including phenoxy) is 1. The first kappa shape index (κ1) is 15.0. The van der Waals surface area contributed by atoms with Gasteiger partial charge >= 0.3 is 0 Å². The molecule has 0 saturated carbocycles. The van der Waals surface area contributed by atoms with Gasteiger partial charge in [0, 0.05) is 19.1 Å². The molecule has 1 unspecified atom stereocenters. The number of likely N-dealkylation sites (N-methyl/N-ethyl adjacent to an activating group) is 2. The minimum absolute atomic E-state index is 0.228. The van der Waals surface area contributed by atoms with Crippen LogP contribution < -0.4 is 10.1 Å². The van der Waals surface area contributed by atoms with Crippen LogP contribution in [-0.4, -0.2) is 38.2 Å². The van der Waals surface area contributed by atoms with Gasteiger partial charge in [0.15, 0.2) is 0 Å². The quantitative estimate of drug-likeness (QED) is 0.805. The summed E-state index contributed by atoms with van der Waals surface area (Å²) in [5, 5.41) is 3.17. The second-order valence-electron chi connectivity index (χ2n) is 5.00. The lowest BCUT2D eigenvalue weighted by Gasteiger charge is -2.25. The fraction of sp³-hybridized carbons (Fsp3) is 0.600. The Balaban J connectivity index is 2.60. The molecule has 1 atom stereocenters. The van der Waals surface area contributed by atoms with Crippen molar-refractivity contribution in [3.63, 3.8) is 0 Å². The molecule has 1 rings (SSSR count). The first-order valence-electron chi connectivity index (χ1n) is 6.66. The van der Waals surface area contributed by atoms with Gasteiger partial charge in [-0.05, 0) is 52.6 Å². The molecule has 18 heavy (non-hydrogen) atoms. The van der Waals surface area contributed by atoms with E-state index in [1.54, 1.807) is 0 Å². The highest BCUT2D eigenvalue weighted by Gasteiger charge is 2.11. The SMILES string of the molecule is CNCCN(C)C(C)c1ccc(OC(C)C)cc1. The van der Waals surface area contributed by atoms with Gasteiger partial charge in [0.05, 0.1) is 6.10 Å². The number of nitrogens with zero attached hydrogens (tertiary/aromatic N) is 1. The van der Waals surface area contributed by atoms with Crippen molar-refractivity contribution >= 4 is 0 Å². The monoisotopic (exact) mass is 250 g/mol. The van der Waals surface area contributed by atoms with Crippen molar-refractivity contribution in [3.8, 4) is 5.75 Å². The van der Waals surface area contributed by atoms with E-state index in [1.807, 2.05) is 20.9 Å². The molecule has 0 bridgehead atoms. The molecule has 3 heteroatoms. The molecule has 1 N–H and O–H groups in total. The van der Waals surface area contributed by atoms with E-state index in [2.05, 4.69) is 48.5 Å². The van der Waals surface area contributed by atoms with Crippen LogP contribution in [-0.2, 0) is 0 Å². The first-order valence-corrected chi connectivity index (χ1v) is 6.66. The Morgan fingerprint density at radius 1 is 1.17 bits per heavy atom. The molecular formula is C15H26N2O. The van der Waals surface area contributed by atoms with Crippen LogP contribution in [0.15, 0.2) is 24.3 Å². The van der Waals surface area contributed by atoms with Crippen LogP contribution in [0.25, 0.3) is 0 Å². The maximum atomic E-state index is 5.65. The molecule has 0 fully saturated rings. The van der Waals surface area contributed by atoms with Gasteiger partial charge in [0.2, 0.25) is 0 Å². The summed E-state index contributed by atoms with van der Waals surface area (Å²) >= 11 is 0. The molecule has 102 valence electrons. The maximum absolute atomic E-state index is 5.65. The first-order chi connectivity index (χ1) is 8.54. The molecule has 0 amide bonds. The van der Waals surface area contributed by atoms with E-state index in [-0.39, 0.29) is 6.10 Å². The third-order valence-electron chi connectivity index (χ3n) is 3.11. The zero-order valence-electron chi connectivity index (χ0n) is 12.2. The van der Waals surface area contributed by atoms with Crippen LogP contribution in [0.2, 0.25) is 0 Å². The fourth-order valence-corrected chi connectivity index (χ4v) is 1.83. The smallest absolute Gasteiger partial charge is 0.119 e. The van der Waals surface area contributed by atoms with Crippen LogP contribution in [0.1, 0.15) is 32.4 Å². The van der Waals surface area contributed by atoms with E-state index >= 15 is 0 Å².